The summed E-state index contributed by atoms with van der Waals surface area (Å²) >= 11 is 0. The minimum Gasteiger partial charge on any atom is -0.490 e. The van der Waals surface area contributed by atoms with E-state index in [0.717, 1.165) is 6.42 Å². The highest BCUT2D eigenvalue weighted by molar-refractivity contribution is 5.98. The second-order valence-corrected chi connectivity index (χ2v) is 5.74. The zero-order valence-corrected chi connectivity index (χ0v) is 13.1. The van der Waals surface area contributed by atoms with Gasteiger partial charge in [-0.15, -0.1) is 0 Å². The second-order valence-electron chi connectivity index (χ2n) is 5.74. The summed E-state index contributed by atoms with van der Waals surface area (Å²) in [6.45, 7) is 4.10. The molecule has 7 nitrogen and oxygen atoms in total. The van der Waals surface area contributed by atoms with Crippen molar-refractivity contribution in [3.8, 4) is 5.75 Å². The fourth-order valence-corrected chi connectivity index (χ4v) is 2.90. The molecular weight excluding hydrogens is 298 g/mol. The number of aryl methyl sites for hydroxylation is 1. The van der Waals surface area contributed by atoms with Gasteiger partial charge < -0.3 is 15.2 Å². The number of carboxylic acids is 1. The number of nitrogens with one attached hydrogen (secondary N) is 1. The maximum Gasteiger partial charge on any atom is 0.329 e. The largest absolute Gasteiger partial charge is 0.490 e. The van der Waals surface area contributed by atoms with E-state index in [-0.39, 0.29) is 0 Å². The molecule has 0 saturated heterocycles. The fraction of sp³-hybridized carbons (Fsp3) is 0.438. The topological polar surface area (TPSA) is 92.9 Å². The van der Waals surface area contributed by atoms with Crippen LogP contribution in [0.1, 0.15) is 42.4 Å². The summed E-state index contributed by atoms with van der Waals surface area (Å²) < 4.78 is 7.17. The van der Waals surface area contributed by atoms with Crippen LogP contribution in [0, 0.1) is 6.92 Å². The molecule has 2 heterocycles. The number of rotatable bonds is 5. The Morgan fingerprint density at radius 1 is 1.48 bits per heavy atom. The van der Waals surface area contributed by atoms with Crippen LogP contribution in [-0.4, -0.2) is 38.5 Å². The molecule has 0 unspecified atom stereocenters. The minimum atomic E-state index is -1.15. The van der Waals surface area contributed by atoms with Gasteiger partial charge in [-0.3, -0.25) is 9.20 Å². The number of nitrogens with zero attached hydrogens (tertiary/aromatic N) is 2. The molecule has 7 heteroatoms. The molecular formula is C16H19N3O4. The monoisotopic (exact) mass is 317 g/mol. The number of pyridine rings is 1. The molecule has 2 aromatic rings. The number of hydrogen-bond acceptors (Lipinski definition) is 4. The Morgan fingerprint density at radius 2 is 2.22 bits per heavy atom. The lowest BCUT2D eigenvalue weighted by Crippen LogP contribution is -2.59. The van der Waals surface area contributed by atoms with E-state index < -0.39 is 17.4 Å². The molecule has 3 rings (SSSR count). The van der Waals surface area contributed by atoms with Crippen molar-refractivity contribution >= 4 is 17.5 Å². The van der Waals surface area contributed by atoms with Crippen LogP contribution in [0.3, 0.4) is 0 Å². The van der Waals surface area contributed by atoms with Crippen LogP contribution in [-0.2, 0) is 4.79 Å². The second kappa shape index (κ2) is 5.57. The van der Waals surface area contributed by atoms with Crippen LogP contribution >= 0.6 is 0 Å². The highest BCUT2D eigenvalue weighted by Gasteiger charge is 2.46. The first-order chi connectivity index (χ1) is 11.0. The number of ether oxygens (including phenoxy) is 1. The maximum absolute atomic E-state index is 12.6. The molecule has 2 aromatic heterocycles. The molecule has 122 valence electrons. The quantitative estimate of drug-likeness (QED) is 0.877. The van der Waals surface area contributed by atoms with Gasteiger partial charge in [-0.1, -0.05) is 0 Å². The van der Waals surface area contributed by atoms with Crippen LogP contribution in [0.5, 0.6) is 5.75 Å². The lowest BCUT2D eigenvalue weighted by atomic mass is 9.76. The molecule has 0 atom stereocenters. The lowest BCUT2D eigenvalue weighted by molar-refractivity contribution is -0.148. The molecule has 1 fully saturated rings. The van der Waals surface area contributed by atoms with Gasteiger partial charge in [-0.05, 0) is 45.2 Å². The highest BCUT2D eigenvalue weighted by Crippen LogP contribution is 2.32. The van der Waals surface area contributed by atoms with E-state index in [2.05, 4.69) is 10.3 Å². The molecule has 0 radical (unpaired) electrons. The van der Waals surface area contributed by atoms with Gasteiger partial charge in [0, 0.05) is 6.20 Å². The first-order valence-corrected chi connectivity index (χ1v) is 7.65. The van der Waals surface area contributed by atoms with Gasteiger partial charge in [0.2, 0.25) is 0 Å². The third kappa shape index (κ3) is 2.42. The molecule has 0 aromatic carbocycles. The zero-order valence-electron chi connectivity index (χ0n) is 13.1. The van der Waals surface area contributed by atoms with E-state index in [1.165, 1.54) is 0 Å². The molecule has 2 N–H and O–H groups in total. The summed E-state index contributed by atoms with van der Waals surface area (Å²) in [4.78, 5) is 28.5. The lowest BCUT2D eigenvalue weighted by Gasteiger charge is -2.38. The number of aliphatic carboxylic acids is 1. The van der Waals surface area contributed by atoms with E-state index >= 15 is 0 Å². The standard InChI is InChI=1S/C16H19N3O4/c1-3-23-11-6-4-9-19-12(10(2)17-13(11)19)14(20)18-16(15(21)22)7-5-8-16/h4,6,9H,3,5,7-8H2,1-2H3,(H,18,20)(H,21,22). The Balaban J connectivity index is 1.99. The molecule has 1 aliphatic carbocycles. The van der Waals surface area contributed by atoms with Crippen molar-refractivity contribution in [2.45, 2.75) is 38.6 Å². The number of fused-ring (bicyclic) bond motifs is 1. The van der Waals surface area contributed by atoms with Crippen LogP contribution in [0.4, 0.5) is 0 Å². The molecule has 1 aliphatic rings. The van der Waals surface area contributed by atoms with E-state index in [1.807, 2.05) is 6.92 Å². The average Bonchev–Trinajstić information content (AvgIpc) is 2.80. The number of carboxylic acid groups (broad SMARTS) is 1. The van der Waals surface area contributed by atoms with Crippen molar-refractivity contribution < 1.29 is 19.4 Å². The Bertz CT molecular complexity index is 777. The van der Waals surface area contributed by atoms with Gasteiger partial charge in [-0.2, -0.15) is 0 Å². The predicted molar refractivity (Wildman–Crippen MR) is 82.8 cm³/mol. The number of amides is 1. The normalized spacial score (nSPS) is 15.9. The number of imidazole rings is 1. The van der Waals surface area contributed by atoms with Crippen molar-refractivity contribution in [3.05, 3.63) is 29.7 Å². The SMILES string of the molecule is CCOc1cccn2c(C(=O)NC3(C(=O)O)CCC3)c(C)nc12. The first-order valence-electron chi connectivity index (χ1n) is 7.65. The summed E-state index contributed by atoms with van der Waals surface area (Å²) in [5.41, 5.74) is 0.282. The molecule has 0 bridgehead atoms. The third-order valence-electron chi connectivity index (χ3n) is 4.27. The van der Waals surface area contributed by atoms with Crippen LogP contribution in [0.25, 0.3) is 5.65 Å². The smallest absolute Gasteiger partial charge is 0.329 e. The summed E-state index contributed by atoms with van der Waals surface area (Å²) in [6, 6.07) is 3.56. The number of hydrogen-bond donors (Lipinski definition) is 2. The Morgan fingerprint density at radius 3 is 2.78 bits per heavy atom. The van der Waals surface area contributed by atoms with E-state index in [9.17, 15) is 14.7 Å². The van der Waals surface area contributed by atoms with Gasteiger partial charge in [0.1, 0.15) is 11.2 Å². The van der Waals surface area contributed by atoms with Gasteiger partial charge >= 0.3 is 5.97 Å². The number of carbonyl (C=O) groups is 2. The van der Waals surface area contributed by atoms with Crippen molar-refractivity contribution in [1.82, 2.24) is 14.7 Å². The Hall–Kier alpha value is -2.57. The van der Waals surface area contributed by atoms with Gasteiger partial charge in [0.25, 0.3) is 5.91 Å². The fourth-order valence-electron chi connectivity index (χ4n) is 2.90. The molecule has 1 amide bonds. The predicted octanol–water partition coefficient (Wildman–Crippen LogP) is 1.78. The van der Waals surface area contributed by atoms with Crippen molar-refractivity contribution in [2.24, 2.45) is 0 Å². The van der Waals surface area contributed by atoms with Gasteiger partial charge in [-0.25, -0.2) is 9.78 Å². The van der Waals surface area contributed by atoms with Gasteiger partial charge in [0.05, 0.1) is 12.3 Å². The highest BCUT2D eigenvalue weighted by atomic mass is 16.5. The van der Waals surface area contributed by atoms with Crippen molar-refractivity contribution in [2.75, 3.05) is 6.61 Å². The van der Waals surface area contributed by atoms with Crippen LogP contribution in [0.2, 0.25) is 0 Å². The Kier molecular flexibility index (Phi) is 3.71. The summed E-state index contributed by atoms with van der Waals surface area (Å²) in [5.74, 6) is -0.821. The van der Waals surface area contributed by atoms with Crippen LogP contribution < -0.4 is 10.1 Å². The zero-order chi connectivity index (χ0) is 16.6. The summed E-state index contributed by atoms with van der Waals surface area (Å²) in [5, 5.41) is 12.0. The maximum atomic E-state index is 12.6. The van der Waals surface area contributed by atoms with Crippen LogP contribution in [0.15, 0.2) is 18.3 Å². The molecule has 0 spiro atoms. The van der Waals surface area contributed by atoms with Gasteiger partial charge in [0.15, 0.2) is 11.4 Å². The first kappa shape index (κ1) is 15.3. The van der Waals surface area contributed by atoms with E-state index in [4.69, 9.17) is 4.74 Å². The Labute approximate surface area is 133 Å². The number of carbonyl (C=O) groups excluding carboxylic acids is 1. The van der Waals surface area contributed by atoms with Crippen molar-refractivity contribution in [3.63, 3.8) is 0 Å². The molecule has 1 saturated carbocycles. The van der Waals surface area contributed by atoms with E-state index in [0.29, 0.717) is 42.2 Å². The summed E-state index contributed by atoms with van der Waals surface area (Å²) in [7, 11) is 0. The van der Waals surface area contributed by atoms with Crippen molar-refractivity contribution in [1.29, 1.82) is 0 Å². The average molecular weight is 317 g/mol. The molecule has 23 heavy (non-hydrogen) atoms. The molecule has 0 aliphatic heterocycles. The number of aromatic nitrogens is 2. The van der Waals surface area contributed by atoms with E-state index in [1.54, 1.807) is 29.7 Å². The summed E-state index contributed by atoms with van der Waals surface area (Å²) in [6.07, 6.45) is 3.43. The third-order valence-corrected chi connectivity index (χ3v) is 4.27. The minimum absolute atomic E-state index is 0.342.